The van der Waals surface area contributed by atoms with E-state index in [2.05, 4.69) is 15.7 Å². The molecule has 1 aromatic rings. The quantitative estimate of drug-likeness (QED) is 0.855. The van der Waals surface area contributed by atoms with Crippen LogP contribution in [-0.4, -0.2) is 15.7 Å². The second-order valence-corrected chi connectivity index (χ2v) is 7.76. The average Bonchev–Trinajstić information content (AvgIpc) is 3.02. The number of carbonyl (C=O) groups is 1. The molecule has 5 nitrogen and oxygen atoms in total. The number of halogens is 1. The summed E-state index contributed by atoms with van der Waals surface area (Å²) in [4.78, 5) is 13.1. The van der Waals surface area contributed by atoms with E-state index in [1.807, 2.05) is 43.7 Å². The Balaban J connectivity index is 1.61. The van der Waals surface area contributed by atoms with E-state index in [0.29, 0.717) is 10.7 Å². The molecule has 1 fully saturated rings. The molecule has 6 heteroatoms. The minimum atomic E-state index is -0.340. The van der Waals surface area contributed by atoms with Crippen LogP contribution in [-0.2, 0) is 17.4 Å². The van der Waals surface area contributed by atoms with Crippen molar-refractivity contribution in [1.82, 2.24) is 20.4 Å². The average molecular weight is 371 g/mol. The number of allylic oxidation sites excluding steroid dienone is 6. The number of hydrogen-bond acceptors (Lipinski definition) is 3. The summed E-state index contributed by atoms with van der Waals surface area (Å²) in [7, 11) is 1.91. The number of rotatable bonds is 3. The van der Waals surface area contributed by atoms with Crippen molar-refractivity contribution in [2.24, 2.45) is 7.05 Å². The smallest absolute Gasteiger partial charge is 0.268 e. The van der Waals surface area contributed by atoms with Crippen molar-refractivity contribution in [2.75, 3.05) is 0 Å². The maximum Gasteiger partial charge on any atom is 0.268 e. The lowest BCUT2D eigenvalue weighted by atomic mass is 9.77. The van der Waals surface area contributed by atoms with Gasteiger partial charge in [-0.2, -0.15) is 5.10 Å². The first-order valence-electron chi connectivity index (χ1n) is 9.11. The van der Waals surface area contributed by atoms with Crippen LogP contribution in [0.5, 0.6) is 0 Å². The van der Waals surface area contributed by atoms with E-state index in [9.17, 15) is 4.79 Å². The van der Waals surface area contributed by atoms with Crippen molar-refractivity contribution in [1.29, 1.82) is 0 Å². The van der Waals surface area contributed by atoms with E-state index in [0.717, 1.165) is 48.9 Å². The van der Waals surface area contributed by atoms with Crippen LogP contribution in [0.3, 0.4) is 0 Å². The molecule has 0 unspecified atom stereocenters. The van der Waals surface area contributed by atoms with Crippen molar-refractivity contribution in [3.05, 3.63) is 64.3 Å². The fourth-order valence-corrected chi connectivity index (χ4v) is 4.23. The fourth-order valence-electron chi connectivity index (χ4n) is 4.02. The zero-order chi connectivity index (χ0) is 18.1. The minimum absolute atomic E-state index is 0.0784. The van der Waals surface area contributed by atoms with E-state index >= 15 is 0 Å². The summed E-state index contributed by atoms with van der Waals surface area (Å²) in [6.45, 7) is 0. The molecule has 1 amide bonds. The molecular formula is C20H23ClN4O. The highest BCUT2D eigenvalue weighted by molar-refractivity contribution is 6.31. The van der Waals surface area contributed by atoms with Gasteiger partial charge in [0.05, 0.1) is 11.7 Å². The Kier molecular flexibility index (Phi) is 4.49. The Morgan fingerprint density at radius 1 is 1.27 bits per heavy atom. The number of nitrogens with one attached hydrogen (secondary N) is 2. The highest BCUT2D eigenvalue weighted by atomic mass is 35.5. The van der Waals surface area contributed by atoms with Gasteiger partial charge >= 0.3 is 0 Å². The second kappa shape index (κ2) is 6.80. The second-order valence-electron chi connectivity index (χ2n) is 7.32. The third kappa shape index (κ3) is 3.36. The monoisotopic (exact) mass is 370 g/mol. The van der Waals surface area contributed by atoms with Crippen LogP contribution in [0.15, 0.2) is 58.7 Å². The first-order chi connectivity index (χ1) is 12.5. The lowest BCUT2D eigenvalue weighted by Crippen LogP contribution is -2.49. The van der Waals surface area contributed by atoms with E-state index in [4.69, 9.17) is 11.6 Å². The standard InChI is InChI=1S/C20H23ClN4O/c1-25-13-15(12-22-25)20(7-3-2-4-8-20)24-19(26)18-11-14-9-16(21)5-6-17(10-14)23-18/h5-6,9,11-13,23H,2-4,7-8,10H2,1H3,(H,24,26). The molecule has 0 spiro atoms. The van der Waals surface area contributed by atoms with Gasteiger partial charge < -0.3 is 10.6 Å². The van der Waals surface area contributed by atoms with Crippen LogP contribution >= 0.6 is 11.6 Å². The van der Waals surface area contributed by atoms with Crippen LogP contribution < -0.4 is 10.6 Å². The molecule has 0 saturated heterocycles. The fraction of sp³-hybridized carbons (Fsp3) is 0.400. The number of aryl methyl sites for hydroxylation is 1. The van der Waals surface area contributed by atoms with Gasteiger partial charge in [-0.15, -0.1) is 0 Å². The first kappa shape index (κ1) is 17.2. The zero-order valence-corrected chi connectivity index (χ0v) is 15.6. The van der Waals surface area contributed by atoms with E-state index in [-0.39, 0.29) is 11.4 Å². The van der Waals surface area contributed by atoms with Gasteiger partial charge in [0.1, 0.15) is 5.70 Å². The molecular weight excluding hydrogens is 348 g/mol. The Hall–Kier alpha value is -2.27. The molecule has 2 heterocycles. The summed E-state index contributed by atoms with van der Waals surface area (Å²) in [6, 6.07) is 0. The number of fused-ring (bicyclic) bond motifs is 2. The Morgan fingerprint density at radius 2 is 2.08 bits per heavy atom. The van der Waals surface area contributed by atoms with Crippen molar-refractivity contribution < 1.29 is 4.79 Å². The van der Waals surface area contributed by atoms with Gasteiger partial charge in [0.2, 0.25) is 0 Å². The first-order valence-corrected chi connectivity index (χ1v) is 9.49. The highest BCUT2D eigenvalue weighted by Crippen LogP contribution is 2.37. The normalized spacial score (nSPS) is 21.5. The van der Waals surface area contributed by atoms with Gasteiger partial charge in [0.25, 0.3) is 5.91 Å². The van der Waals surface area contributed by atoms with Gasteiger partial charge in [0, 0.05) is 36.0 Å². The van der Waals surface area contributed by atoms with Gasteiger partial charge in [-0.25, -0.2) is 0 Å². The molecule has 3 aliphatic rings. The van der Waals surface area contributed by atoms with Gasteiger partial charge in [0.15, 0.2) is 0 Å². The summed E-state index contributed by atoms with van der Waals surface area (Å²) in [5.41, 5.74) is 3.34. The topological polar surface area (TPSA) is 59.0 Å². The van der Waals surface area contributed by atoms with Crippen molar-refractivity contribution >= 4 is 17.5 Å². The summed E-state index contributed by atoms with van der Waals surface area (Å²) >= 11 is 6.15. The van der Waals surface area contributed by atoms with Crippen LogP contribution in [0.2, 0.25) is 0 Å². The number of amides is 1. The van der Waals surface area contributed by atoms with E-state index in [1.165, 1.54) is 6.42 Å². The maximum atomic E-state index is 13.1. The van der Waals surface area contributed by atoms with Crippen LogP contribution in [0.25, 0.3) is 0 Å². The predicted molar refractivity (Wildman–Crippen MR) is 102 cm³/mol. The highest BCUT2D eigenvalue weighted by Gasteiger charge is 2.37. The lowest BCUT2D eigenvalue weighted by Gasteiger charge is -2.38. The van der Waals surface area contributed by atoms with Crippen LogP contribution in [0, 0.1) is 0 Å². The molecule has 1 aliphatic heterocycles. The molecule has 1 aromatic heterocycles. The number of aromatic nitrogens is 2. The SMILES string of the molecule is Cn1cc(C2(NC(=O)C3=CC4=CC(Cl)=CC=C(C4)N3)CCCCC2)cn1. The third-order valence-corrected chi connectivity index (χ3v) is 5.58. The molecule has 1 saturated carbocycles. The number of hydrogen-bond donors (Lipinski definition) is 2. The molecule has 0 radical (unpaired) electrons. The predicted octanol–water partition coefficient (Wildman–Crippen LogP) is 3.52. The van der Waals surface area contributed by atoms with Crippen LogP contribution in [0.1, 0.15) is 44.1 Å². The zero-order valence-electron chi connectivity index (χ0n) is 14.9. The lowest BCUT2D eigenvalue weighted by molar-refractivity contribution is -0.120. The van der Waals surface area contributed by atoms with Gasteiger partial charge in [-0.3, -0.25) is 9.48 Å². The Labute approximate surface area is 158 Å². The molecule has 2 bridgehead atoms. The molecule has 0 atom stereocenters. The number of carbonyl (C=O) groups excluding carboxylic acids is 1. The van der Waals surface area contributed by atoms with E-state index in [1.54, 1.807) is 4.68 Å². The molecule has 26 heavy (non-hydrogen) atoms. The summed E-state index contributed by atoms with van der Waals surface area (Å²) in [6.07, 6.45) is 17.6. The van der Waals surface area contributed by atoms with Crippen LogP contribution in [0.4, 0.5) is 0 Å². The van der Waals surface area contributed by atoms with Crippen molar-refractivity contribution in [2.45, 2.75) is 44.1 Å². The largest absolute Gasteiger partial charge is 0.354 e. The summed E-state index contributed by atoms with van der Waals surface area (Å²) in [5, 5.41) is 11.6. The Morgan fingerprint density at radius 3 is 2.81 bits per heavy atom. The molecule has 4 rings (SSSR count). The maximum absolute atomic E-state index is 13.1. The van der Waals surface area contributed by atoms with Gasteiger partial charge in [-0.05, 0) is 42.7 Å². The van der Waals surface area contributed by atoms with Crippen molar-refractivity contribution in [3.63, 3.8) is 0 Å². The minimum Gasteiger partial charge on any atom is -0.354 e. The molecule has 136 valence electrons. The third-order valence-electron chi connectivity index (χ3n) is 5.35. The molecule has 0 aromatic carbocycles. The number of nitrogens with zero attached hydrogens (tertiary/aromatic N) is 2. The van der Waals surface area contributed by atoms with Crippen molar-refractivity contribution in [3.8, 4) is 0 Å². The van der Waals surface area contributed by atoms with E-state index < -0.39 is 0 Å². The Bertz CT molecular complexity index is 853. The molecule has 2 aliphatic carbocycles. The molecule has 2 N–H and O–H groups in total. The summed E-state index contributed by atoms with van der Waals surface area (Å²) in [5.74, 6) is -0.0784. The van der Waals surface area contributed by atoms with Gasteiger partial charge in [-0.1, -0.05) is 30.9 Å². The summed E-state index contributed by atoms with van der Waals surface area (Å²) < 4.78 is 1.80.